The zero-order valence-electron chi connectivity index (χ0n) is 12.9. The van der Waals surface area contributed by atoms with Gasteiger partial charge in [-0.05, 0) is 37.6 Å². The molecule has 0 N–H and O–H groups in total. The molecule has 6 heteroatoms. The first kappa shape index (κ1) is 16.6. The maximum Gasteiger partial charge on any atom is 0.226 e. The summed E-state index contributed by atoms with van der Waals surface area (Å²) in [6.07, 6.45) is 0. The topological polar surface area (TPSA) is 38.2 Å². The van der Waals surface area contributed by atoms with Gasteiger partial charge in [0.2, 0.25) is 5.95 Å². The molecule has 0 radical (unpaired) electrons. The number of aromatic nitrogens is 2. The predicted molar refractivity (Wildman–Crippen MR) is 85.8 cm³/mol. The molecule has 0 aliphatic heterocycles. The van der Waals surface area contributed by atoms with Crippen LogP contribution < -0.4 is 4.90 Å². The molecule has 1 aromatic heterocycles. The van der Waals surface area contributed by atoms with Gasteiger partial charge in [-0.1, -0.05) is 17.7 Å². The molecule has 0 fully saturated rings. The number of methoxy groups -OCH3 is 1. The molecule has 1 aromatic carbocycles. The van der Waals surface area contributed by atoms with Crippen LogP contribution in [-0.4, -0.2) is 30.2 Å². The van der Waals surface area contributed by atoms with Crippen molar-refractivity contribution < 1.29 is 9.13 Å². The highest BCUT2D eigenvalue weighted by molar-refractivity contribution is 6.31. The van der Waals surface area contributed by atoms with Crippen LogP contribution in [0.5, 0.6) is 0 Å². The molecule has 4 nitrogen and oxygen atoms in total. The van der Waals surface area contributed by atoms with Crippen molar-refractivity contribution in [2.45, 2.75) is 20.4 Å². The fourth-order valence-corrected chi connectivity index (χ4v) is 2.38. The lowest BCUT2D eigenvalue weighted by Crippen LogP contribution is -2.29. The van der Waals surface area contributed by atoms with Crippen LogP contribution in [0.25, 0.3) is 0 Å². The average molecular weight is 324 g/mol. The second-order valence-corrected chi connectivity index (χ2v) is 5.51. The minimum absolute atomic E-state index is 0.347. The lowest BCUT2D eigenvalue weighted by atomic mass is 10.2. The second-order valence-electron chi connectivity index (χ2n) is 5.10. The van der Waals surface area contributed by atoms with Crippen molar-refractivity contribution in [3.63, 3.8) is 0 Å². The van der Waals surface area contributed by atoms with Crippen molar-refractivity contribution in [3.05, 3.63) is 52.1 Å². The zero-order chi connectivity index (χ0) is 16.1. The summed E-state index contributed by atoms with van der Waals surface area (Å²) in [6, 6.07) is 6.31. The van der Waals surface area contributed by atoms with Crippen molar-refractivity contribution in [2.24, 2.45) is 0 Å². The summed E-state index contributed by atoms with van der Waals surface area (Å²) in [5, 5.41) is 0.395. The molecule has 0 aliphatic rings. The minimum Gasteiger partial charge on any atom is -0.383 e. The smallest absolute Gasteiger partial charge is 0.226 e. The molecule has 0 bridgehead atoms. The first-order valence-electron chi connectivity index (χ1n) is 6.99. The van der Waals surface area contributed by atoms with Crippen LogP contribution in [0.4, 0.5) is 10.3 Å². The van der Waals surface area contributed by atoms with Crippen LogP contribution in [0.1, 0.15) is 17.0 Å². The summed E-state index contributed by atoms with van der Waals surface area (Å²) in [7, 11) is 1.64. The third-order valence-corrected chi connectivity index (χ3v) is 3.55. The highest BCUT2D eigenvalue weighted by Crippen LogP contribution is 2.21. The lowest BCUT2D eigenvalue weighted by Gasteiger charge is -2.23. The predicted octanol–water partition coefficient (Wildman–Crippen LogP) is 3.54. The molecule has 22 heavy (non-hydrogen) atoms. The van der Waals surface area contributed by atoms with E-state index in [0.717, 1.165) is 17.0 Å². The molecular weight excluding hydrogens is 305 g/mol. The Bertz CT molecular complexity index is 631. The summed E-state index contributed by atoms with van der Waals surface area (Å²) < 4.78 is 18.3. The van der Waals surface area contributed by atoms with Gasteiger partial charge in [-0.25, -0.2) is 14.4 Å². The number of nitrogens with zero attached hydrogens (tertiary/aromatic N) is 3. The fourth-order valence-electron chi connectivity index (χ4n) is 2.16. The van der Waals surface area contributed by atoms with Gasteiger partial charge in [0.1, 0.15) is 5.82 Å². The van der Waals surface area contributed by atoms with E-state index in [1.54, 1.807) is 13.2 Å². The highest BCUT2D eigenvalue weighted by Gasteiger charge is 2.13. The summed E-state index contributed by atoms with van der Waals surface area (Å²) in [6.45, 7) is 5.50. The Balaban J connectivity index is 2.29. The van der Waals surface area contributed by atoms with Crippen LogP contribution in [0.3, 0.4) is 0 Å². The van der Waals surface area contributed by atoms with E-state index in [0.29, 0.717) is 30.7 Å². The van der Waals surface area contributed by atoms with E-state index >= 15 is 0 Å². The molecule has 0 amide bonds. The standard InChI is InChI=1S/C16H19ClFN3O/c1-11-8-12(2)20-16(19-11)21(6-7-22-3)10-13-4-5-14(18)9-15(13)17/h4-5,8-9H,6-7,10H2,1-3H3. The van der Waals surface area contributed by atoms with Crippen LogP contribution >= 0.6 is 11.6 Å². The second kappa shape index (κ2) is 7.51. The number of halogens is 2. The highest BCUT2D eigenvalue weighted by atomic mass is 35.5. The van der Waals surface area contributed by atoms with Crippen molar-refractivity contribution in [1.82, 2.24) is 9.97 Å². The van der Waals surface area contributed by atoms with E-state index in [-0.39, 0.29) is 5.82 Å². The maximum absolute atomic E-state index is 13.2. The summed E-state index contributed by atoms with van der Waals surface area (Å²) in [4.78, 5) is 10.9. The zero-order valence-corrected chi connectivity index (χ0v) is 13.7. The van der Waals surface area contributed by atoms with Gasteiger partial charge in [-0.3, -0.25) is 0 Å². The average Bonchev–Trinajstić information content (AvgIpc) is 2.44. The van der Waals surface area contributed by atoms with Crippen molar-refractivity contribution in [2.75, 3.05) is 25.2 Å². The monoisotopic (exact) mass is 323 g/mol. The number of benzene rings is 1. The third-order valence-electron chi connectivity index (χ3n) is 3.19. The third kappa shape index (κ3) is 4.39. The molecule has 0 spiro atoms. The Morgan fingerprint density at radius 3 is 2.45 bits per heavy atom. The van der Waals surface area contributed by atoms with Crippen molar-refractivity contribution >= 4 is 17.5 Å². The molecule has 0 unspecified atom stereocenters. The molecule has 0 aliphatic carbocycles. The van der Waals surface area contributed by atoms with Gasteiger partial charge in [0.25, 0.3) is 0 Å². The number of hydrogen-bond acceptors (Lipinski definition) is 4. The van der Waals surface area contributed by atoms with E-state index in [1.165, 1.54) is 12.1 Å². The number of anilines is 1. The molecule has 0 saturated heterocycles. The first-order valence-corrected chi connectivity index (χ1v) is 7.37. The van der Waals surface area contributed by atoms with Crippen LogP contribution in [-0.2, 0) is 11.3 Å². The number of aryl methyl sites for hydroxylation is 2. The molecule has 0 atom stereocenters. The van der Waals surface area contributed by atoms with Gasteiger partial charge >= 0.3 is 0 Å². The van der Waals surface area contributed by atoms with Gasteiger partial charge in [-0.15, -0.1) is 0 Å². The molecule has 1 heterocycles. The number of rotatable bonds is 6. The Kier molecular flexibility index (Phi) is 5.69. The molecule has 2 rings (SSSR count). The molecule has 0 saturated carbocycles. The van der Waals surface area contributed by atoms with E-state index < -0.39 is 0 Å². The summed E-state index contributed by atoms with van der Waals surface area (Å²) >= 11 is 6.12. The normalized spacial score (nSPS) is 10.8. The van der Waals surface area contributed by atoms with Gasteiger partial charge in [0, 0.05) is 36.6 Å². The molecule has 2 aromatic rings. The van der Waals surface area contributed by atoms with Crippen molar-refractivity contribution in [1.29, 1.82) is 0 Å². The van der Waals surface area contributed by atoms with Gasteiger partial charge in [0.15, 0.2) is 0 Å². The van der Waals surface area contributed by atoms with Crippen molar-refractivity contribution in [3.8, 4) is 0 Å². The Hall–Kier alpha value is -1.72. The van der Waals surface area contributed by atoms with Crippen LogP contribution in [0.2, 0.25) is 5.02 Å². The number of ether oxygens (including phenoxy) is 1. The maximum atomic E-state index is 13.2. The van der Waals surface area contributed by atoms with Gasteiger partial charge < -0.3 is 9.64 Å². The van der Waals surface area contributed by atoms with E-state index in [9.17, 15) is 4.39 Å². The van der Waals surface area contributed by atoms with Crippen LogP contribution in [0, 0.1) is 19.7 Å². The summed E-state index contributed by atoms with van der Waals surface area (Å²) in [5.74, 6) is 0.273. The lowest BCUT2D eigenvalue weighted by molar-refractivity contribution is 0.204. The number of hydrogen-bond donors (Lipinski definition) is 0. The Morgan fingerprint density at radius 1 is 1.18 bits per heavy atom. The molecule has 118 valence electrons. The Morgan fingerprint density at radius 2 is 1.86 bits per heavy atom. The SMILES string of the molecule is COCCN(Cc1ccc(F)cc1Cl)c1nc(C)cc(C)n1. The Labute approximate surface area is 134 Å². The summed E-state index contributed by atoms with van der Waals surface area (Å²) in [5.41, 5.74) is 2.62. The van der Waals surface area contributed by atoms with E-state index in [2.05, 4.69) is 9.97 Å². The van der Waals surface area contributed by atoms with E-state index in [4.69, 9.17) is 16.3 Å². The quantitative estimate of drug-likeness (QED) is 0.815. The fraction of sp³-hybridized carbons (Fsp3) is 0.375. The first-order chi connectivity index (χ1) is 10.5. The molecular formula is C16H19ClFN3O. The van der Waals surface area contributed by atoms with E-state index in [1.807, 2.05) is 24.8 Å². The minimum atomic E-state index is -0.347. The van der Waals surface area contributed by atoms with Gasteiger partial charge in [-0.2, -0.15) is 0 Å². The largest absolute Gasteiger partial charge is 0.383 e. The van der Waals surface area contributed by atoms with Crippen LogP contribution in [0.15, 0.2) is 24.3 Å². The van der Waals surface area contributed by atoms with Gasteiger partial charge in [0.05, 0.1) is 6.61 Å².